The van der Waals surface area contributed by atoms with E-state index < -0.39 is 0 Å². The van der Waals surface area contributed by atoms with E-state index in [9.17, 15) is 9.59 Å². The lowest BCUT2D eigenvalue weighted by Crippen LogP contribution is -2.30. The Morgan fingerprint density at radius 3 is 2.52 bits per heavy atom. The Bertz CT molecular complexity index is 1230. The van der Waals surface area contributed by atoms with Crippen LogP contribution >= 0.6 is 0 Å². The molecule has 5 rings (SSSR count). The van der Waals surface area contributed by atoms with Gasteiger partial charge in [0.25, 0.3) is 11.8 Å². The van der Waals surface area contributed by atoms with Crippen LogP contribution in [0.15, 0.2) is 82.2 Å². The first-order valence-corrected chi connectivity index (χ1v) is 10.7. The molecular formula is C25H22N4O4. The second kappa shape index (κ2) is 9.12. The molecule has 33 heavy (non-hydrogen) atoms. The number of carbonyl (C=O) groups excluding carboxylic acids is 2. The molecule has 1 aliphatic rings. The number of aromatic nitrogens is 2. The lowest BCUT2D eigenvalue weighted by atomic mass is 10.1. The van der Waals surface area contributed by atoms with Gasteiger partial charge in [0, 0.05) is 42.2 Å². The smallest absolute Gasteiger partial charge is 0.276 e. The Kier molecular flexibility index (Phi) is 5.72. The topological polar surface area (TPSA) is 101 Å². The van der Waals surface area contributed by atoms with Crippen molar-refractivity contribution < 1.29 is 18.5 Å². The van der Waals surface area contributed by atoms with Gasteiger partial charge in [-0.15, -0.1) is 0 Å². The highest BCUT2D eigenvalue weighted by molar-refractivity contribution is 5.95. The van der Waals surface area contributed by atoms with Crippen LogP contribution in [-0.2, 0) is 13.1 Å². The van der Waals surface area contributed by atoms with Gasteiger partial charge in [-0.25, -0.2) is 0 Å². The standard InChI is InChI=1S/C25H22N4O4/c30-24(27-20-7-8-20)19-5-3-17(4-6-19)15-29(16-21-2-1-13-32-21)25(31)22-14-23(33-28-22)18-9-11-26-12-10-18/h1-6,9-14,20H,7-8,15-16H2,(H,27,30). The molecule has 1 saturated carbocycles. The van der Waals surface area contributed by atoms with Gasteiger partial charge in [-0.2, -0.15) is 0 Å². The summed E-state index contributed by atoms with van der Waals surface area (Å²) in [5.41, 5.74) is 2.48. The Morgan fingerprint density at radius 2 is 1.82 bits per heavy atom. The number of hydrogen-bond acceptors (Lipinski definition) is 6. The molecule has 3 heterocycles. The second-order valence-electron chi connectivity index (χ2n) is 8.00. The van der Waals surface area contributed by atoms with E-state index in [1.54, 1.807) is 60.0 Å². The fraction of sp³-hybridized carbons (Fsp3) is 0.200. The average molecular weight is 442 g/mol. The van der Waals surface area contributed by atoms with Gasteiger partial charge >= 0.3 is 0 Å². The van der Waals surface area contributed by atoms with Crippen molar-refractivity contribution in [3.8, 4) is 11.3 Å². The molecule has 0 aliphatic heterocycles. The van der Waals surface area contributed by atoms with Crippen LogP contribution in [-0.4, -0.2) is 32.9 Å². The summed E-state index contributed by atoms with van der Waals surface area (Å²) in [7, 11) is 0. The lowest BCUT2D eigenvalue weighted by molar-refractivity contribution is 0.0707. The summed E-state index contributed by atoms with van der Waals surface area (Å²) in [6.07, 6.45) is 6.95. The third-order valence-corrected chi connectivity index (χ3v) is 5.41. The quantitative estimate of drug-likeness (QED) is 0.442. The summed E-state index contributed by atoms with van der Waals surface area (Å²) in [4.78, 5) is 31.2. The van der Waals surface area contributed by atoms with Crippen LogP contribution < -0.4 is 5.32 Å². The first-order chi connectivity index (χ1) is 16.2. The Morgan fingerprint density at radius 1 is 1.03 bits per heavy atom. The maximum absolute atomic E-state index is 13.3. The Balaban J connectivity index is 1.34. The predicted molar refractivity (Wildman–Crippen MR) is 119 cm³/mol. The normalized spacial score (nSPS) is 13.0. The number of rotatable bonds is 8. The zero-order valence-electron chi connectivity index (χ0n) is 17.8. The number of hydrogen-bond donors (Lipinski definition) is 1. The van der Waals surface area contributed by atoms with Gasteiger partial charge in [-0.3, -0.25) is 14.6 Å². The summed E-state index contributed by atoms with van der Waals surface area (Å²) in [5.74, 6) is 0.788. The highest BCUT2D eigenvalue weighted by Crippen LogP contribution is 2.22. The van der Waals surface area contributed by atoms with E-state index in [0.717, 1.165) is 24.0 Å². The summed E-state index contributed by atoms with van der Waals surface area (Å²) < 4.78 is 10.9. The number of nitrogens with zero attached hydrogens (tertiary/aromatic N) is 3. The van der Waals surface area contributed by atoms with Crippen LogP contribution in [0.1, 0.15) is 45.0 Å². The third kappa shape index (κ3) is 5.01. The van der Waals surface area contributed by atoms with Crippen molar-refractivity contribution in [1.29, 1.82) is 0 Å². The Hall–Kier alpha value is -4.20. The van der Waals surface area contributed by atoms with Crippen molar-refractivity contribution in [1.82, 2.24) is 20.4 Å². The molecule has 0 radical (unpaired) electrons. The van der Waals surface area contributed by atoms with Crippen LogP contribution in [0.3, 0.4) is 0 Å². The number of amides is 2. The number of benzene rings is 1. The molecule has 0 bridgehead atoms. The van der Waals surface area contributed by atoms with Crippen LogP contribution in [0.5, 0.6) is 0 Å². The number of carbonyl (C=O) groups is 2. The van der Waals surface area contributed by atoms with Crippen molar-refractivity contribution in [3.05, 3.63) is 95.8 Å². The zero-order chi connectivity index (χ0) is 22.6. The van der Waals surface area contributed by atoms with Crippen molar-refractivity contribution >= 4 is 11.8 Å². The van der Waals surface area contributed by atoms with E-state index in [4.69, 9.17) is 8.94 Å². The van der Waals surface area contributed by atoms with Gasteiger partial charge in [0.05, 0.1) is 12.8 Å². The summed E-state index contributed by atoms with van der Waals surface area (Å²) >= 11 is 0. The molecule has 0 spiro atoms. The van der Waals surface area contributed by atoms with E-state index in [0.29, 0.717) is 29.7 Å². The molecule has 8 heteroatoms. The molecule has 1 N–H and O–H groups in total. The summed E-state index contributed by atoms with van der Waals surface area (Å²) in [6, 6.07) is 16.4. The largest absolute Gasteiger partial charge is 0.467 e. The van der Waals surface area contributed by atoms with Crippen molar-refractivity contribution in [3.63, 3.8) is 0 Å². The van der Waals surface area contributed by atoms with Crippen molar-refractivity contribution in [2.24, 2.45) is 0 Å². The molecular weight excluding hydrogens is 420 g/mol. The van der Waals surface area contributed by atoms with Crippen LogP contribution in [0, 0.1) is 0 Å². The first-order valence-electron chi connectivity index (χ1n) is 10.7. The second-order valence-corrected chi connectivity index (χ2v) is 8.00. The summed E-state index contributed by atoms with van der Waals surface area (Å²) in [5, 5.41) is 6.96. The maximum atomic E-state index is 13.3. The van der Waals surface area contributed by atoms with E-state index in [2.05, 4.69) is 15.5 Å². The van der Waals surface area contributed by atoms with E-state index >= 15 is 0 Å². The third-order valence-electron chi connectivity index (χ3n) is 5.41. The van der Waals surface area contributed by atoms with E-state index in [1.165, 1.54) is 0 Å². The highest BCUT2D eigenvalue weighted by Gasteiger charge is 2.24. The van der Waals surface area contributed by atoms with E-state index in [1.807, 2.05) is 18.2 Å². The molecule has 2 amide bonds. The predicted octanol–water partition coefficient (Wildman–Crippen LogP) is 4.06. The van der Waals surface area contributed by atoms with E-state index in [-0.39, 0.29) is 24.1 Å². The van der Waals surface area contributed by atoms with Gasteiger partial charge in [0.2, 0.25) is 0 Å². The molecule has 0 saturated heterocycles. The lowest BCUT2D eigenvalue weighted by Gasteiger charge is -2.21. The van der Waals surface area contributed by atoms with Crippen LogP contribution in [0.4, 0.5) is 0 Å². The molecule has 0 atom stereocenters. The molecule has 1 aromatic carbocycles. The maximum Gasteiger partial charge on any atom is 0.276 e. The monoisotopic (exact) mass is 442 g/mol. The fourth-order valence-corrected chi connectivity index (χ4v) is 3.46. The van der Waals surface area contributed by atoms with Gasteiger partial charge in [-0.1, -0.05) is 17.3 Å². The molecule has 166 valence electrons. The Labute approximate surface area is 190 Å². The molecule has 1 fully saturated rings. The van der Waals surface area contributed by atoms with Crippen molar-refractivity contribution in [2.75, 3.05) is 0 Å². The SMILES string of the molecule is O=C(NC1CC1)c1ccc(CN(Cc2ccco2)C(=O)c2cc(-c3ccncc3)on2)cc1. The van der Waals surface area contributed by atoms with Crippen LogP contribution in [0.25, 0.3) is 11.3 Å². The highest BCUT2D eigenvalue weighted by atomic mass is 16.5. The van der Waals surface area contributed by atoms with Gasteiger partial charge < -0.3 is 19.2 Å². The molecule has 0 unspecified atom stereocenters. The molecule has 3 aromatic heterocycles. The zero-order valence-corrected chi connectivity index (χ0v) is 17.8. The van der Waals surface area contributed by atoms with Gasteiger partial charge in [0.15, 0.2) is 11.5 Å². The summed E-state index contributed by atoms with van der Waals surface area (Å²) in [6.45, 7) is 0.592. The molecule has 1 aliphatic carbocycles. The number of pyridine rings is 1. The molecule has 4 aromatic rings. The molecule has 8 nitrogen and oxygen atoms in total. The minimum Gasteiger partial charge on any atom is -0.467 e. The first kappa shape index (κ1) is 20.7. The van der Waals surface area contributed by atoms with Gasteiger partial charge in [0.1, 0.15) is 5.76 Å². The van der Waals surface area contributed by atoms with Crippen LogP contribution in [0.2, 0.25) is 0 Å². The minimum atomic E-state index is -0.286. The average Bonchev–Trinajstić information content (AvgIpc) is 3.29. The van der Waals surface area contributed by atoms with Crippen molar-refractivity contribution in [2.45, 2.75) is 32.0 Å². The number of furan rings is 1. The fourth-order valence-electron chi connectivity index (χ4n) is 3.46. The van der Waals surface area contributed by atoms with Gasteiger partial charge in [-0.05, 0) is 54.8 Å². The minimum absolute atomic E-state index is 0.0705. The number of nitrogens with one attached hydrogen (secondary N) is 1.